The number of aromatic nitrogens is 2. The second-order valence-corrected chi connectivity index (χ2v) is 5.23. The zero-order valence-corrected chi connectivity index (χ0v) is 11.4. The Morgan fingerprint density at radius 2 is 2.25 bits per heavy atom. The number of rotatable bonds is 4. The Balaban J connectivity index is 1.65. The van der Waals surface area contributed by atoms with E-state index in [1.54, 1.807) is 10.9 Å². The molecule has 5 heteroatoms. The average molecular weight is 270 g/mol. The molecule has 1 aromatic heterocycles. The fraction of sp³-hybridized carbons (Fsp3) is 0.333. The van der Waals surface area contributed by atoms with Gasteiger partial charge in [-0.25, -0.2) is 9.48 Å². The Bertz CT molecular complexity index is 590. The summed E-state index contributed by atoms with van der Waals surface area (Å²) in [7, 11) is 0. The van der Waals surface area contributed by atoms with Gasteiger partial charge in [0.1, 0.15) is 0 Å². The lowest BCUT2D eigenvalue weighted by molar-refractivity contribution is 0.248. The van der Waals surface area contributed by atoms with Crippen LogP contribution in [0.5, 0.6) is 0 Å². The molecule has 0 saturated heterocycles. The maximum absolute atomic E-state index is 11.9. The number of nitrogens with zero attached hydrogens (tertiary/aromatic N) is 2. The van der Waals surface area contributed by atoms with Crippen molar-refractivity contribution >= 4 is 11.7 Å². The number of carbonyl (C=O) groups excluding carboxylic acids is 1. The first-order valence-electron chi connectivity index (χ1n) is 6.90. The van der Waals surface area contributed by atoms with Crippen LogP contribution in [0.25, 0.3) is 5.69 Å². The normalized spacial score (nSPS) is 15.7. The monoisotopic (exact) mass is 270 g/mol. The van der Waals surface area contributed by atoms with E-state index in [1.165, 1.54) is 12.8 Å². The minimum atomic E-state index is -0.151. The lowest BCUT2D eigenvalue weighted by Crippen LogP contribution is -2.37. The Morgan fingerprint density at radius 3 is 2.95 bits per heavy atom. The van der Waals surface area contributed by atoms with E-state index in [0.717, 1.165) is 11.4 Å². The maximum atomic E-state index is 11.9. The quantitative estimate of drug-likeness (QED) is 0.897. The van der Waals surface area contributed by atoms with Crippen molar-refractivity contribution in [2.45, 2.75) is 25.8 Å². The van der Waals surface area contributed by atoms with Crippen LogP contribution in [0.1, 0.15) is 19.8 Å². The number of hydrogen-bond donors (Lipinski definition) is 2. The van der Waals surface area contributed by atoms with E-state index in [1.807, 2.05) is 36.5 Å². The largest absolute Gasteiger partial charge is 0.335 e. The third kappa shape index (κ3) is 2.99. The topological polar surface area (TPSA) is 59.0 Å². The number of nitrogens with one attached hydrogen (secondary N) is 2. The highest BCUT2D eigenvalue weighted by Crippen LogP contribution is 2.32. The zero-order valence-electron chi connectivity index (χ0n) is 11.4. The highest BCUT2D eigenvalue weighted by atomic mass is 16.2. The molecule has 1 heterocycles. The van der Waals surface area contributed by atoms with Crippen LogP contribution >= 0.6 is 0 Å². The van der Waals surface area contributed by atoms with Gasteiger partial charge in [0.15, 0.2) is 0 Å². The van der Waals surface area contributed by atoms with Crippen LogP contribution in [0.15, 0.2) is 42.7 Å². The van der Waals surface area contributed by atoms with Gasteiger partial charge in [0.05, 0.1) is 5.69 Å². The lowest BCUT2D eigenvalue weighted by atomic mass is 10.2. The first kappa shape index (κ1) is 12.7. The molecule has 5 nitrogen and oxygen atoms in total. The second-order valence-electron chi connectivity index (χ2n) is 5.23. The summed E-state index contributed by atoms with van der Waals surface area (Å²) in [6.45, 7) is 2.05. The van der Waals surface area contributed by atoms with Gasteiger partial charge in [-0.3, -0.25) is 0 Å². The van der Waals surface area contributed by atoms with Crippen LogP contribution in [-0.4, -0.2) is 21.9 Å². The molecule has 0 bridgehead atoms. The standard InChI is InChI=1S/C15H18N4O/c1-11(12-6-7-12)17-15(20)18-13-4-2-5-14(10-13)19-9-3-8-16-19/h2-5,8-12H,6-7H2,1H3,(H2,17,18,20). The molecule has 1 unspecified atom stereocenters. The summed E-state index contributed by atoms with van der Waals surface area (Å²) in [5.41, 5.74) is 1.68. The lowest BCUT2D eigenvalue weighted by Gasteiger charge is -2.14. The van der Waals surface area contributed by atoms with E-state index in [0.29, 0.717) is 5.92 Å². The van der Waals surface area contributed by atoms with Crippen LogP contribution < -0.4 is 10.6 Å². The predicted molar refractivity (Wildman–Crippen MR) is 77.9 cm³/mol. The van der Waals surface area contributed by atoms with Gasteiger partial charge in [0, 0.05) is 24.1 Å². The van der Waals surface area contributed by atoms with Crippen molar-refractivity contribution < 1.29 is 4.79 Å². The Hall–Kier alpha value is -2.30. The minimum Gasteiger partial charge on any atom is -0.335 e. The van der Waals surface area contributed by atoms with Gasteiger partial charge in [-0.2, -0.15) is 5.10 Å². The Labute approximate surface area is 118 Å². The van der Waals surface area contributed by atoms with E-state index in [4.69, 9.17) is 0 Å². The molecule has 20 heavy (non-hydrogen) atoms. The molecule has 1 fully saturated rings. The first-order valence-corrected chi connectivity index (χ1v) is 6.90. The molecular formula is C15H18N4O. The molecule has 0 aliphatic heterocycles. The third-order valence-electron chi connectivity index (χ3n) is 3.56. The van der Waals surface area contributed by atoms with Crippen molar-refractivity contribution in [3.8, 4) is 5.69 Å². The number of hydrogen-bond acceptors (Lipinski definition) is 2. The van der Waals surface area contributed by atoms with Crippen LogP contribution in [0, 0.1) is 5.92 Å². The molecule has 2 N–H and O–H groups in total. The van der Waals surface area contributed by atoms with Gasteiger partial charge in [-0.15, -0.1) is 0 Å². The summed E-state index contributed by atoms with van der Waals surface area (Å²) < 4.78 is 1.76. The average Bonchev–Trinajstić information content (AvgIpc) is 3.14. The molecule has 2 aromatic rings. The molecule has 3 rings (SSSR count). The number of carbonyl (C=O) groups is 1. The van der Waals surface area contributed by atoms with E-state index in [2.05, 4.69) is 22.7 Å². The molecule has 0 radical (unpaired) electrons. The molecule has 0 spiro atoms. The summed E-state index contributed by atoms with van der Waals surface area (Å²) >= 11 is 0. The van der Waals surface area contributed by atoms with Gasteiger partial charge in [-0.05, 0) is 49.9 Å². The van der Waals surface area contributed by atoms with Crippen molar-refractivity contribution in [1.29, 1.82) is 0 Å². The zero-order chi connectivity index (χ0) is 13.9. The van der Waals surface area contributed by atoms with Crippen molar-refractivity contribution in [3.63, 3.8) is 0 Å². The summed E-state index contributed by atoms with van der Waals surface area (Å²) in [6.07, 6.45) is 6.03. The highest BCUT2D eigenvalue weighted by molar-refractivity contribution is 5.89. The minimum absolute atomic E-state index is 0.151. The van der Waals surface area contributed by atoms with E-state index in [9.17, 15) is 4.79 Å². The van der Waals surface area contributed by atoms with Crippen LogP contribution in [0.2, 0.25) is 0 Å². The van der Waals surface area contributed by atoms with E-state index in [-0.39, 0.29) is 12.1 Å². The maximum Gasteiger partial charge on any atom is 0.319 e. The SMILES string of the molecule is CC(NC(=O)Nc1cccc(-n2cccn2)c1)C1CC1. The molecule has 1 aliphatic carbocycles. The molecule has 1 saturated carbocycles. The van der Waals surface area contributed by atoms with Crippen molar-refractivity contribution in [2.75, 3.05) is 5.32 Å². The van der Waals surface area contributed by atoms with Gasteiger partial charge in [0.25, 0.3) is 0 Å². The van der Waals surface area contributed by atoms with Crippen LogP contribution in [0.4, 0.5) is 10.5 Å². The smallest absolute Gasteiger partial charge is 0.319 e. The molecule has 1 atom stereocenters. The third-order valence-corrected chi connectivity index (χ3v) is 3.56. The molecule has 104 valence electrons. The van der Waals surface area contributed by atoms with Crippen LogP contribution in [0.3, 0.4) is 0 Å². The molecule has 1 aliphatic rings. The van der Waals surface area contributed by atoms with Crippen LogP contribution in [-0.2, 0) is 0 Å². The first-order chi connectivity index (χ1) is 9.72. The summed E-state index contributed by atoms with van der Waals surface area (Å²) in [4.78, 5) is 11.9. The fourth-order valence-corrected chi connectivity index (χ4v) is 2.24. The Kier molecular flexibility index (Phi) is 3.41. The number of amides is 2. The number of urea groups is 1. The van der Waals surface area contributed by atoms with Gasteiger partial charge in [0.2, 0.25) is 0 Å². The second kappa shape index (κ2) is 5.36. The van der Waals surface area contributed by atoms with Gasteiger partial charge in [-0.1, -0.05) is 6.07 Å². The molecular weight excluding hydrogens is 252 g/mol. The van der Waals surface area contributed by atoms with E-state index >= 15 is 0 Å². The summed E-state index contributed by atoms with van der Waals surface area (Å²) in [6, 6.07) is 9.57. The Morgan fingerprint density at radius 1 is 1.40 bits per heavy atom. The van der Waals surface area contributed by atoms with Crippen molar-refractivity contribution in [1.82, 2.24) is 15.1 Å². The van der Waals surface area contributed by atoms with Crippen molar-refractivity contribution in [2.24, 2.45) is 5.92 Å². The summed E-state index contributed by atoms with van der Waals surface area (Å²) in [5.74, 6) is 0.649. The number of benzene rings is 1. The fourth-order valence-electron chi connectivity index (χ4n) is 2.24. The van der Waals surface area contributed by atoms with Gasteiger partial charge >= 0.3 is 6.03 Å². The predicted octanol–water partition coefficient (Wildman–Crippen LogP) is 2.79. The number of anilines is 1. The molecule has 1 aromatic carbocycles. The summed E-state index contributed by atoms with van der Waals surface area (Å²) in [5, 5.41) is 10.0. The van der Waals surface area contributed by atoms with Crippen molar-refractivity contribution in [3.05, 3.63) is 42.7 Å². The van der Waals surface area contributed by atoms with Gasteiger partial charge < -0.3 is 10.6 Å². The highest BCUT2D eigenvalue weighted by Gasteiger charge is 2.28. The van der Waals surface area contributed by atoms with E-state index < -0.39 is 0 Å². The molecule has 2 amide bonds.